The molecule has 3 heterocycles. The zero-order valence-electron chi connectivity index (χ0n) is 18.6. The van der Waals surface area contributed by atoms with Gasteiger partial charge in [0.05, 0.1) is 24.8 Å². The number of carbonyl (C=O) groups excluding carboxylic acids is 4. The van der Waals surface area contributed by atoms with Crippen LogP contribution in [0.3, 0.4) is 0 Å². The number of anilines is 1. The number of fused-ring (bicyclic) bond motifs is 1. The molecule has 1 aliphatic rings. The molecule has 184 valence electrons. The summed E-state index contributed by atoms with van der Waals surface area (Å²) in [6.07, 6.45) is 3.66. The molecule has 2 aromatic rings. The lowest BCUT2D eigenvalue weighted by Crippen LogP contribution is -2.32. The summed E-state index contributed by atoms with van der Waals surface area (Å²) in [4.78, 5) is 72.3. The average molecular weight is 495 g/mol. The molecule has 1 fully saturated rings. The van der Waals surface area contributed by atoms with E-state index in [0.717, 1.165) is 0 Å². The van der Waals surface area contributed by atoms with Crippen molar-refractivity contribution in [3.05, 3.63) is 16.7 Å². The predicted molar refractivity (Wildman–Crippen MR) is 122 cm³/mol. The number of hydrogen-bond donors (Lipinski definition) is 3. The highest BCUT2D eigenvalue weighted by Crippen LogP contribution is 2.23. The van der Waals surface area contributed by atoms with Crippen molar-refractivity contribution in [2.24, 2.45) is 0 Å². The number of aromatic nitrogens is 4. The molecule has 1 aliphatic heterocycles. The summed E-state index contributed by atoms with van der Waals surface area (Å²) >= 11 is 1.34. The molecular weight excluding hydrogens is 468 g/mol. The van der Waals surface area contributed by atoms with E-state index in [2.05, 4.69) is 20.3 Å². The Labute approximate surface area is 198 Å². The number of ether oxygens (including phenoxy) is 1. The van der Waals surface area contributed by atoms with Crippen molar-refractivity contribution in [1.82, 2.24) is 24.4 Å². The highest BCUT2D eigenvalue weighted by atomic mass is 32.2. The minimum Gasteiger partial charge on any atom is -0.394 e. The Morgan fingerprint density at radius 2 is 2.09 bits per heavy atom. The molecule has 3 amide bonds. The van der Waals surface area contributed by atoms with Crippen LogP contribution in [-0.2, 0) is 30.6 Å². The highest BCUT2D eigenvalue weighted by Gasteiger charge is 2.37. The van der Waals surface area contributed by atoms with Gasteiger partial charge in [-0.25, -0.2) is 4.98 Å². The third kappa shape index (κ3) is 6.27. The number of imidazole rings is 1. The molecule has 1 unspecified atom stereocenters. The standard InChI is InChI=1S/C20H26N6O7S/c1-34-13-9-15(30)26(19(13)32)6-2-3-12(28)4-5-14(29)22-20-23-17-16(18(31)24-20)21-10-25(17)11-33-8-7-27/h10,13,27H,2-9,11H2,1H3,(H2,22,23,24,29,31). The number of nitrogens with one attached hydrogen (secondary N) is 2. The van der Waals surface area contributed by atoms with Crippen LogP contribution >= 0.6 is 11.8 Å². The number of Topliss-reactive ketones (excluding diaryl/α,β-unsaturated/α-hetero) is 1. The lowest BCUT2D eigenvalue weighted by molar-refractivity contribution is -0.138. The first kappa shape index (κ1) is 25.5. The minimum atomic E-state index is -0.549. The van der Waals surface area contributed by atoms with Crippen LogP contribution in [0.2, 0.25) is 0 Å². The second kappa shape index (κ2) is 11.9. The van der Waals surface area contributed by atoms with Crippen molar-refractivity contribution in [2.75, 3.05) is 31.3 Å². The molecule has 0 radical (unpaired) electrons. The number of amides is 3. The number of aliphatic hydroxyl groups excluding tert-OH is 1. The third-order valence-electron chi connectivity index (χ3n) is 5.15. The Morgan fingerprint density at radius 3 is 2.79 bits per heavy atom. The van der Waals surface area contributed by atoms with Gasteiger partial charge in [0.2, 0.25) is 23.7 Å². The monoisotopic (exact) mass is 494 g/mol. The average Bonchev–Trinajstić information content (AvgIpc) is 3.33. The SMILES string of the molecule is CSC1CC(=O)N(CCCC(=O)CCC(=O)Nc2nc3c(ncn3COCCO)c(=O)[nH]2)C1=O. The van der Waals surface area contributed by atoms with Gasteiger partial charge in [-0.15, -0.1) is 0 Å². The highest BCUT2D eigenvalue weighted by molar-refractivity contribution is 8.00. The summed E-state index contributed by atoms with van der Waals surface area (Å²) in [6, 6.07) is 0. The van der Waals surface area contributed by atoms with Crippen molar-refractivity contribution in [1.29, 1.82) is 0 Å². The predicted octanol–water partition coefficient (Wildman–Crippen LogP) is -0.355. The van der Waals surface area contributed by atoms with Gasteiger partial charge in [-0.2, -0.15) is 16.7 Å². The maximum absolute atomic E-state index is 12.2. The van der Waals surface area contributed by atoms with Crippen LogP contribution in [0.1, 0.15) is 32.1 Å². The molecule has 3 rings (SSSR count). The molecule has 0 bridgehead atoms. The van der Waals surface area contributed by atoms with Gasteiger partial charge in [-0.05, 0) is 12.7 Å². The van der Waals surface area contributed by atoms with E-state index in [1.54, 1.807) is 6.26 Å². The van der Waals surface area contributed by atoms with Gasteiger partial charge < -0.3 is 9.84 Å². The smallest absolute Gasteiger partial charge is 0.280 e. The van der Waals surface area contributed by atoms with Crippen molar-refractivity contribution >= 4 is 52.4 Å². The fourth-order valence-electron chi connectivity index (χ4n) is 3.41. The summed E-state index contributed by atoms with van der Waals surface area (Å²) in [5.41, 5.74) is -0.283. The van der Waals surface area contributed by atoms with E-state index in [1.807, 2.05) is 0 Å². The fourth-order valence-corrected chi connectivity index (χ4v) is 4.05. The molecule has 14 heteroatoms. The summed E-state index contributed by atoms with van der Waals surface area (Å²) < 4.78 is 6.66. The first-order chi connectivity index (χ1) is 16.3. The van der Waals surface area contributed by atoms with Crippen molar-refractivity contribution in [2.45, 2.75) is 44.1 Å². The topological polar surface area (TPSA) is 177 Å². The summed E-state index contributed by atoms with van der Waals surface area (Å²) in [5.74, 6) is -1.22. The largest absolute Gasteiger partial charge is 0.394 e. The van der Waals surface area contributed by atoms with Gasteiger partial charge in [-0.3, -0.25) is 43.7 Å². The van der Waals surface area contributed by atoms with Crippen LogP contribution in [0.25, 0.3) is 11.2 Å². The number of thioether (sulfide) groups is 1. The van der Waals surface area contributed by atoms with E-state index in [-0.39, 0.29) is 92.1 Å². The Balaban J connectivity index is 1.46. The first-order valence-corrected chi connectivity index (χ1v) is 11.9. The lowest BCUT2D eigenvalue weighted by atomic mass is 10.1. The Morgan fingerprint density at radius 1 is 1.29 bits per heavy atom. The summed E-state index contributed by atoms with van der Waals surface area (Å²) in [7, 11) is 0. The van der Waals surface area contributed by atoms with Crippen LogP contribution in [0.4, 0.5) is 5.95 Å². The quantitative estimate of drug-likeness (QED) is 0.246. The maximum Gasteiger partial charge on any atom is 0.280 e. The Hall–Kier alpha value is -3.10. The summed E-state index contributed by atoms with van der Waals surface area (Å²) in [6.45, 7) is 0.145. The Bertz CT molecular complexity index is 1130. The third-order valence-corrected chi connectivity index (χ3v) is 6.09. The summed E-state index contributed by atoms with van der Waals surface area (Å²) in [5, 5.41) is 10.9. The maximum atomic E-state index is 12.2. The van der Waals surface area contributed by atoms with Crippen LogP contribution in [0.5, 0.6) is 0 Å². The number of hydrogen-bond acceptors (Lipinski definition) is 10. The van der Waals surface area contributed by atoms with E-state index < -0.39 is 11.5 Å². The minimum absolute atomic E-state index is 0.0158. The number of H-pyrrole nitrogens is 1. The first-order valence-electron chi connectivity index (χ1n) is 10.7. The number of imide groups is 1. The van der Waals surface area contributed by atoms with Gasteiger partial charge in [0.25, 0.3) is 5.56 Å². The molecule has 0 spiro atoms. The van der Waals surface area contributed by atoms with E-state index in [1.165, 1.54) is 27.6 Å². The van der Waals surface area contributed by atoms with Gasteiger partial charge in [0.1, 0.15) is 12.5 Å². The number of nitrogens with zero attached hydrogens (tertiary/aromatic N) is 4. The van der Waals surface area contributed by atoms with Crippen molar-refractivity contribution in [3.63, 3.8) is 0 Å². The molecule has 2 aromatic heterocycles. The molecule has 0 aliphatic carbocycles. The van der Waals surface area contributed by atoms with Gasteiger partial charge >= 0.3 is 0 Å². The van der Waals surface area contributed by atoms with Crippen molar-refractivity contribution < 1.29 is 29.0 Å². The number of carbonyl (C=O) groups is 4. The number of ketones is 1. The van der Waals surface area contributed by atoms with Crippen molar-refractivity contribution in [3.8, 4) is 0 Å². The molecule has 0 aromatic carbocycles. The van der Waals surface area contributed by atoms with Crippen LogP contribution < -0.4 is 10.9 Å². The zero-order valence-corrected chi connectivity index (χ0v) is 19.4. The fraction of sp³-hybridized carbons (Fsp3) is 0.550. The molecule has 1 saturated heterocycles. The van der Waals surface area contributed by atoms with Crippen LogP contribution in [0.15, 0.2) is 11.1 Å². The van der Waals surface area contributed by atoms with Crippen LogP contribution in [0, 0.1) is 0 Å². The molecular formula is C20H26N6O7S. The van der Waals surface area contributed by atoms with Crippen LogP contribution in [-0.4, -0.2) is 84.3 Å². The zero-order chi connectivity index (χ0) is 24.7. The van der Waals surface area contributed by atoms with Gasteiger partial charge in [-0.1, -0.05) is 0 Å². The number of aromatic amines is 1. The number of aliphatic hydroxyl groups is 1. The van der Waals surface area contributed by atoms with Gasteiger partial charge in [0, 0.05) is 32.2 Å². The lowest BCUT2D eigenvalue weighted by Gasteiger charge is -2.13. The molecule has 1 atom stereocenters. The van der Waals surface area contributed by atoms with E-state index >= 15 is 0 Å². The normalized spacial score (nSPS) is 15.9. The molecule has 34 heavy (non-hydrogen) atoms. The number of rotatable bonds is 13. The van der Waals surface area contributed by atoms with E-state index in [0.29, 0.717) is 6.42 Å². The molecule has 0 saturated carbocycles. The second-order valence-electron chi connectivity index (χ2n) is 7.56. The van der Waals surface area contributed by atoms with Gasteiger partial charge in [0.15, 0.2) is 11.2 Å². The van der Waals surface area contributed by atoms with E-state index in [9.17, 15) is 24.0 Å². The molecule has 13 nitrogen and oxygen atoms in total. The molecule has 3 N–H and O–H groups in total. The number of likely N-dealkylation sites (tertiary alicyclic amines) is 1. The van der Waals surface area contributed by atoms with E-state index in [4.69, 9.17) is 9.84 Å². The Kier molecular flexibility index (Phi) is 8.90. The second-order valence-corrected chi connectivity index (χ2v) is 8.60.